The van der Waals surface area contributed by atoms with Crippen molar-refractivity contribution < 1.29 is 0 Å². The number of aryl methyl sites for hydroxylation is 1. The predicted molar refractivity (Wildman–Crippen MR) is 136 cm³/mol. The van der Waals surface area contributed by atoms with Crippen molar-refractivity contribution in [1.29, 1.82) is 5.26 Å². The highest BCUT2D eigenvalue weighted by Gasteiger charge is 2.20. The summed E-state index contributed by atoms with van der Waals surface area (Å²) >= 11 is 6.15. The van der Waals surface area contributed by atoms with Crippen molar-refractivity contribution in [2.75, 3.05) is 18.4 Å². The van der Waals surface area contributed by atoms with Crippen molar-refractivity contribution in [2.24, 2.45) is 7.05 Å². The van der Waals surface area contributed by atoms with Gasteiger partial charge >= 0.3 is 0 Å². The van der Waals surface area contributed by atoms with Crippen molar-refractivity contribution in [3.05, 3.63) is 59.8 Å². The Labute approximate surface area is 204 Å². The molecule has 174 valence electrons. The van der Waals surface area contributed by atoms with Gasteiger partial charge in [0.2, 0.25) is 0 Å². The average molecular weight is 475 g/mol. The van der Waals surface area contributed by atoms with Gasteiger partial charge in [-0.05, 0) is 56.5 Å². The molecule has 2 N–H and O–H groups in total. The van der Waals surface area contributed by atoms with Gasteiger partial charge in [-0.15, -0.1) is 0 Å². The van der Waals surface area contributed by atoms with Gasteiger partial charge in [0.05, 0.1) is 16.4 Å². The number of pyridine rings is 1. The molecular weight excluding hydrogens is 448 g/mol. The van der Waals surface area contributed by atoms with Crippen LogP contribution in [0.5, 0.6) is 0 Å². The highest BCUT2D eigenvalue weighted by molar-refractivity contribution is 6.48. The van der Waals surface area contributed by atoms with Crippen LogP contribution in [-0.2, 0) is 7.05 Å². The Morgan fingerprint density at radius 2 is 2.12 bits per heavy atom. The molecule has 3 heterocycles. The number of nitrogens with one attached hydrogen (secondary N) is 2. The largest absolute Gasteiger partial charge is 0.368 e. The maximum Gasteiger partial charge on any atom is 0.183 e. The van der Waals surface area contributed by atoms with Crippen LogP contribution in [0.4, 0.5) is 5.82 Å². The molecular formula is C25H27ClN8. The lowest BCUT2D eigenvalue weighted by molar-refractivity contribution is 0.658. The first-order chi connectivity index (χ1) is 16.5. The summed E-state index contributed by atoms with van der Waals surface area (Å²) < 4.78 is 1.71. The third-order valence-electron chi connectivity index (χ3n) is 5.46. The Hall–Kier alpha value is -3.54. The molecule has 0 radical (unpaired) electrons. The second kappa shape index (κ2) is 10.6. The van der Waals surface area contributed by atoms with Crippen LogP contribution in [0.3, 0.4) is 0 Å². The maximum atomic E-state index is 9.80. The fourth-order valence-electron chi connectivity index (χ4n) is 3.58. The van der Waals surface area contributed by atoms with Gasteiger partial charge in [0.25, 0.3) is 0 Å². The first kappa shape index (κ1) is 23.6. The number of nitrogens with zero attached hydrogens (tertiary/aromatic N) is 6. The van der Waals surface area contributed by atoms with Crippen LogP contribution in [0.25, 0.3) is 28.1 Å². The van der Waals surface area contributed by atoms with Gasteiger partial charge in [0.1, 0.15) is 17.5 Å². The molecule has 0 saturated heterocycles. The van der Waals surface area contributed by atoms with Crippen LogP contribution >= 0.6 is 11.6 Å². The highest BCUT2D eigenvalue weighted by Crippen LogP contribution is 2.30. The third-order valence-corrected chi connectivity index (χ3v) is 5.63. The first-order valence-electron chi connectivity index (χ1n) is 11.2. The van der Waals surface area contributed by atoms with Gasteiger partial charge in [0.15, 0.2) is 11.5 Å². The van der Waals surface area contributed by atoms with Gasteiger partial charge in [-0.2, -0.15) is 10.4 Å². The van der Waals surface area contributed by atoms with E-state index in [4.69, 9.17) is 16.6 Å². The van der Waals surface area contributed by atoms with Gasteiger partial charge in [-0.3, -0.25) is 9.67 Å². The molecule has 0 unspecified atom stereocenters. The van der Waals surface area contributed by atoms with Gasteiger partial charge in [0, 0.05) is 37.6 Å². The standard InChI is InChI=1S/C25H27ClN8/c1-16(14-18-6-4-10-29-23(18)17(2)26)22-24(20-9-13-34(3)33-20)32-25(21(15-27)31-22)30-12-5-11-28-19-7-8-19/h4,6,9-10,13-14,19,28H,2,5,7-8,11-12H2,1,3H3,(H,30,32)/b16-14+. The molecule has 34 heavy (non-hydrogen) atoms. The minimum atomic E-state index is 0.241. The van der Waals surface area contributed by atoms with E-state index in [1.165, 1.54) is 12.8 Å². The number of rotatable bonds is 10. The SMILES string of the molecule is C=C(Cl)c1ncccc1/C=C(\C)c1nc(C#N)c(NCCCNC2CC2)nc1-c1ccn(C)n1. The fourth-order valence-corrected chi connectivity index (χ4v) is 3.74. The van der Waals surface area contributed by atoms with Crippen LogP contribution in [0.15, 0.2) is 37.2 Å². The topological polar surface area (TPSA) is 104 Å². The number of halogens is 1. The average Bonchev–Trinajstić information content (AvgIpc) is 3.56. The number of anilines is 1. The number of hydrogen-bond donors (Lipinski definition) is 2. The molecule has 1 saturated carbocycles. The van der Waals surface area contributed by atoms with E-state index in [1.807, 2.05) is 44.4 Å². The molecule has 4 rings (SSSR count). The van der Waals surface area contributed by atoms with Crippen molar-refractivity contribution >= 4 is 34.1 Å². The molecule has 0 aliphatic heterocycles. The first-order valence-corrected chi connectivity index (χ1v) is 11.6. The smallest absolute Gasteiger partial charge is 0.183 e. The summed E-state index contributed by atoms with van der Waals surface area (Å²) in [5.41, 5.74) is 4.29. The van der Waals surface area contributed by atoms with Gasteiger partial charge in [-0.1, -0.05) is 24.2 Å². The molecule has 0 spiro atoms. The van der Waals surface area contributed by atoms with Crippen LogP contribution in [0, 0.1) is 11.3 Å². The Morgan fingerprint density at radius 3 is 2.79 bits per heavy atom. The molecule has 0 aromatic carbocycles. The molecule has 0 atom stereocenters. The van der Waals surface area contributed by atoms with E-state index in [1.54, 1.807) is 10.9 Å². The van der Waals surface area contributed by atoms with Crippen molar-refractivity contribution in [3.8, 4) is 17.5 Å². The Bertz CT molecular complexity index is 1270. The minimum Gasteiger partial charge on any atom is -0.368 e. The Balaban J connectivity index is 1.69. The lowest BCUT2D eigenvalue weighted by Crippen LogP contribution is -2.20. The zero-order chi connectivity index (χ0) is 24.1. The van der Waals surface area contributed by atoms with E-state index in [9.17, 15) is 5.26 Å². The fraction of sp³-hybridized carbons (Fsp3) is 0.320. The minimum absolute atomic E-state index is 0.241. The molecule has 1 aliphatic rings. The second-order valence-electron chi connectivity index (χ2n) is 8.29. The predicted octanol–water partition coefficient (Wildman–Crippen LogP) is 4.47. The number of allylic oxidation sites excluding steroid dienone is 1. The molecule has 8 nitrogen and oxygen atoms in total. The van der Waals surface area contributed by atoms with E-state index in [0.29, 0.717) is 46.2 Å². The zero-order valence-corrected chi connectivity index (χ0v) is 20.1. The molecule has 1 aliphatic carbocycles. The molecule has 1 fully saturated rings. The highest BCUT2D eigenvalue weighted by atomic mass is 35.5. The zero-order valence-electron chi connectivity index (χ0n) is 19.3. The van der Waals surface area contributed by atoms with Gasteiger partial charge in [-0.25, -0.2) is 9.97 Å². The monoisotopic (exact) mass is 474 g/mol. The number of hydrogen-bond acceptors (Lipinski definition) is 7. The van der Waals surface area contributed by atoms with Crippen LogP contribution in [0.1, 0.15) is 48.8 Å². The van der Waals surface area contributed by atoms with Crippen molar-refractivity contribution in [1.82, 2.24) is 30.0 Å². The second-order valence-corrected chi connectivity index (χ2v) is 8.74. The summed E-state index contributed by atoms with van der Waals surface area (Å²) in [6.45, 7) is 7.34. The number of aromatic nitrogens is 5. The van der Waals surface area contributed by atoms with Gasteiger partial charge < -0.3 is 10.6 Å². The molecule has 3 aromatic rings. The summed E-state index contributed by atoms with van der Waals surface area (Å²) in [4.78, 5) is 13.8. The Kier molecular flexibility index (Phi) is 7.36. The van der Waals surface area contributed by atoms with Crippen LogP contribution in [0.2, 0.25) is 0 Å². The van der Waals surface area contributed by atoms with Crippen LogP contribution < -0.4 is 10.6 Å². The lowest BCUT2D eigenvalue weighted by Gasteiger charge is -2.13. The van der Waals surface area contributed by atoms with Crippen molar-refractivity contribution in [2.45, 2.75) is 32.2 Å². The quantitative estimate of drug-likeness (QED) is 0.418. The normalized spacial score (nSPS) is 13.5. The summed E-state index contributed by atoms with van der Waals surface area (Å²) in [5.74, 6) is 0.460. The summed E-state index contributed by atoms with van der Waals surface area (Å²) in [6, 6.07) is 8.48. The lowest BCUT2D eigenvalue weighted by atomic mass is 10.0. The van der Waals surface area contributed by atoms with E-state index in [-0.39, 0.29) is 5.69 Å². The summed E-state index contributed by atoms with van der Waals surface area (Å²) in [6.07, 6.45) is 8.89. The number of nitriles is 1. The van der Waals surface area contributed by atoms with E-state index < -0.39 is 0 Å². The van der Waals surface area contributed by atoms with E-state index in [2.05, 4.69) is 38.3 Å². The molecule has 3 aromatic heterocycles. The van der Waals surface area contributed by atoms with Crippen LogP contribution in [-0.4, -0.2) is 43.9 Å². The summed E-state index contributed by atoms with van der Waals surface area (Å²) in [5, 5.41) is 21.5. The third kappa shape index (κ3) is 5.68. The van der Waals surface area contributed by atoms with E-state index >= 15 is 0 Å². The molecule has 9 heteroatoms. The molecule has 0 bridgehead atoms. The molecule has 0 amide bonds. The van der Waals surface area contributed by atoms with E-state index in [0.717, 1.165) is 24.1 Å². The maximum absolute atomic E-state index is 9.80. The Morgan fingerprint density at radius 1 is 1.29 bits per heavy atom. The summed E-state index contributed by atoms with van der Waals surface area (Å²) in [7, 11) is 1.85. The van der Waals surface area contributed by atoms with Crippen molar-refractivity contribution in [3.63, 3.8) is 0 Å².